The van der Waals surface area contributed by atoms with E-state index in [2.05, 4.69) is 14.3 Å². The summed E-state index contributed by atoms with van der Waals surface area (Å²) in [6, 6.07) is 3.36. The van der Waals surface area contributed by atoms with Gasteiger partial charge in [0.05, 0.1) is 12.6 Å². The third-order valence-corrected chi connectivity index (χ3v) is 3.34. The lowest BCUT2D eigenvalue weighted by Crippen LogP contribution is -2.24. The first-order valence-electron chi connectivity index (χ1n) is 5.58. The van der Waals surface area contributed by atoms with Crippen molar-refractivity contribution in [2.45, 2.75) is 12.3 Å². The first-order chi connectivity index (χ1) is 9.38. The van der Waals surface area contributed by atoms with Crippen LogP contribution < -0.4 is 4.90 Å². The third-order valence-electron chi connectivity index (χ3n) is 2.51. The van der Waals surface area contributed by atoms with Gasteiger partial charge >= 0.3 is 6.18 Å². The molecule has 9 heteroatoms. The van der Waals surface area contributed by atoms with Crippen LogP contribution in [0, 0.1) is 0 Å². The van der Waals surface area contributed by atoms with Crippen LogP contribution in [0.2, 0.25) is 0 Å². The Morgan fingerprint density at radius 2 is 2.20 bits per heavy atom. The molecule has 1 atom stereocenters. The van der Waals surface area contributed by atoms with Gasteiger partial charge in [-0.15, -0.1) is 0 Å². The maximum Gasteiger partial charge on any atom is 0.452 e. The van der Waals surface area contributed by atoms with E-state index >= 15 is 0 Å². The van der Waals surface area contributed by atoms with Crippen molar-refractivity contribution in [3.05, 3.63) is 35.9 Å². The number of rotatable bonds is 4. The number of aromatic nitrogens is 3. The molecule has 0 aromatic carbocycles. The largest absolute Gasteiger partial charge is 0.452 e. The van der Waals surface area contributed by atoms with Gasteiger partial charge in [-0.3, -0.25) is 4.98 Å². The summed E-state index contributed by atoms with van der Waals surface area (Å²) in [7, 11) is 1.54. The summed E-state index contributed by atoms with van der Waals surface area (Å²) in [5.74, 6) is -1.17. The zero-order valence-electron chi connectivity index (χ0n) is 10.4. The Labute approximate surface area is 116 Å². The van der Waals surface area contributed by atoms with Crippen LogP contribution in [-0.2, 0) is 6.18 Å². The molecule has 0 bridgehead atoms. The summed E-state index contributed by atoms with van der Waals surface area (Å²) >= 11 is 0.640. The number of alkyl halides is 3. The van der Waals surface area contributed by atoms with E-state index in [9.17, 15) is 18.3 Å². The lowest BCUT2D eigenvalue weighted by Gasteiger charge is -2.19. The van der Waals surface area contributed by atoms with E-state index in [1.165, 1.54) is 11.1 Å². The Balaban J connectivity index is 2.05. The molecule has 5 nitrogen and oxygen atoms in total. The highest BCUT2D eigenvalue weighted by Gasteiger charge is 2.36. The molecule has 108 valence electrons. The number of halogens is 3. The molecule has 0 aliphatic carbocycles. The summed E-state index contributed by atoms with van der Waals surface area (Å²) in [6.07, 6.45) is -2.36. The zero-order chi connectivity index (χ0) is 14.8. The van der Waals surface area contributed by atoms with Crippen molar-refractivity contribution >= 4 is 16.7 Å². The zero-order valence-corrected chi connectivity index (χ0v) is 11.2. The van der Waals surface area contributed by atoms with Crippen LogP contribution in [0.5, 0.6) is 0 Å². The van der Waals surface area contributed by atoms with Crippen molar-refractivity contribution < 1.29 is 18.3 Å². The summed E-state index contributed by atoms with van der Waals surface area (Å²) in [5.41, 5.74) is 0.583. The molecule has 0 aliphatic heterocycles. The Morgan fingerprint density at radius 1 is 1.45 bits per heavy atom. The molecule has 20 heavy (non-hydrogen) atoms. The monoisotopic (exact) mass is 304 g/mol. The van der Waals surface area contributed by atoms with Gasteiger partial charge in [0.15, 0.2) is 0 Å². The Morgan fingerprint density at radius 3 is 2.75 bits per heavy atom. The van der Waals surface area contributed by atoms with E-state index in [1.54, 1.807) is 25.4 Å². The summed E-state index contributed by atoms with van der Waals surface area (Å²) < 4.78 is 40.5. The van der Waals surface area contributed by atoms with Crippen LogP contribution >= 0.6 is 11.5 Å². The summed E-state index contributed by atoms with van der Waals surface area (Å²) in [4.78, 5) is 8.70. The molecule has 0 aliphatic rings. The van der Waals surface area contributed by atoms with Gasteiger partial charge in [0.25, 0.3) is 0 Å². The standard InChI is InChI=1S/C11H11F3N4OS/c1-18(6-8(19)7-3-2-4-15-5-7)10-16-9(17-20-10)11(12,13)14/h2-5,8,19H,6H2,1H3. The van der Waals surface area contributed by atoms with Gasteiger partial charge in [-0.2, -0.15) is 22.5 Å². The molecular formula is C11H11F3N4OS. The molecule has 2 aromatic heterocycles. The van der Waals surface area contributed by atoms with Gasteiger partial charge < -0.3 is 10.0 Å². The number of pyridine rings is 1. The molecule has 0 radical (unpaired) electrons. The molecule has 0 fully saturated rings. The molecule has 2 heterocycles. The number of aliphatic hydroxyl groups is 1. The van der Waals surface area contributed by atoms with Crippen LogP contribution in [0.3, 0.4) is 0 Å². The molecule has 2 aromatic rings. The average Bonchev–Trinajstić information content (AvgIpc) is 2.89. The topological polar surface area (TPSA) is 62.1 Å². The Hall–Kier alpha value is -1.74. The van der Waals surface area contributed by atoms with Gasteiger partial charge in [0.2, 0.25) is 11.0 Å². The fourth-order valence-corrected chi connectivity index (χ4v) is 2.16. The number of nitrogens with zero attached hydrogens (tertiary/aromatic N) is 4. The molecule has 0 spiro atoms. The molecule has 1 unspecified atom stereocenters. The number of anilines is 1. The highest BCUT2D eigenvalue weighted by molar-refractivity contribution is 7.09. The van der Waals surface area contributed by atoms with E-state index in [1.807, 2.05) is 0 Å². The minimum absolute atomic E-state index is 0.0954. The molecule has 2 rings (SSSR count). The van der Waals surface area contributed by atoms with Crippen molar-refractivity contribution in [3.8, 4) is 0 Å². The van der Waals surface area contributed by atoms with Crippen molar-refractivity contribution in [2.24, 2.45) is 0 Å². The minimum atomic E-state index is -4.56. The van der Waals surface area contributed by atoms with Crippen molar-refractivity contribution in [1.29, 1.82) is 0 Å². The number of likely N-dealkylation sites (N-methyl/N-ethyl adjacent to an activating group) is 1. The minimum Gasteiger partial charge on any atom is -0.386 e. The SMILES string of the molecule is CN(CC(O)c1cccnc1)c1nc(C(F)(F)F)ns1. The number of aliphatic hydroxyl groups excluding tert-OH is 1. The van der Waals surface area contributed by atoms with Crippen LogP contribution in [0.4, 0.5) is 18.3 Å². The molecule has 0 amide bonds. The van der Waals surface area contributed by atoms with Gasteiger partial charge in [-0.05, 0) is 6.07 Å². The lowest BCUT2D eigenvalue weighted by molar-refractivity contribution is -0.144. The third kappa shape index (κ3) is 3.42. The van der Waals surface area contributed by atoms with Crippen LogP contribution in [0.25, 0.3) is 0 Å². The molecule has 0 saturated heterocycles. The average molecular weight is 304 g/mol. The van der Waals surface area contributed by atoms with Gasteiger partial charge in [-0.25, -0.2) is 0 Å². The number of hydrogen-bond acceptors (Lipinski definition) is 6. The van der Waals surface area contributed by atoms with Crippen molar-refractivity contribution in [1.82, 2.24) is 14.3 Å². The van der Waals surface area contributed by atoms with Gasteiger partial charge in [0, 0.05) is 36.5 Å². The predicted octanol–water partition coefficient (Wildman–Crippen LogP) is 2.12. The van der Waals surface area contributed by atoms with Gasteiger partial charge in [-0.1, -0.05) is 6.07 Å². The normalized spacial score (nSPS) is 13.2. The lowest BCUT2D eigenvalue weighted by atomic mass is 10.1. The fraction of sp³-hybridized carbons (Fsp3) is 0.364. The van der Waals surface area contributed by atoms with Crippen LogP contribution in [-0.4, -0.2) is 33.0 Å². The Kier molecular flexibility index (Phi) is 4.19. The fourth-order valence-electron chi connectivity index (χ4n) is 1.50. The maximum absolute atomic E-state index is 12.4. The maximum atomic E-state index is 12.4. The predicted molar refractivity (Wildman–Crippen MR) is 67.4 cm³/mol. The molecular weight excluding hydrogens is 293 g/mol. The van der Waals surface area contributed by atoms with Gasteiger partial charge in [0.1, 0.15) is 0 Å². The summed E-state index contributed by atoms with van der Waals surface area (Å²) in [6.45, 7) is 0.0954. The van der Waals surface area contributed by atoms with Crippen molar-refractivity contribution in [2.75, 3.05) is 18.5 Å². The molecule has 1 N–H and O–H groups in total. The van der Waals surface area contributed by atoms with E-state index in [4.69, 9.17) is 0 Å². The van der Waals surface area contributed by atoms with E-state index < -0.39 is 18.1 Å². The Bertz CT molecular complexity index is 560. The quantitative estimate of drug-likeness (QED) is 0.937. The van der Waals surface area contributed by atoms with Crippen LogP contribution in [0.1, 0.15) is 17.5 Å². The van der Waals surface area contributed by atoms with Crippen molar-refractivity contribution in [3.63, 3.8) is 0 Å². The highest BCUT2D eigenvalue weighted by Crippen LogP contribution is 2.30. The second-order valence-electron chi connectivity index (χ2n) is 4.08. The second kappa shape index (κ2) is 5.71. The highest BCUT2D eigenvalue weighted by atomic mass is 32.1. The second-order valence-corrected chi connectivity index (χ2v) is 4.81. The smallest absolute Gasteiger partial charge is 0.386 e. The summed E-state index contributed by atoms with van der Waals surface area (Å²) in [5, 5.41) is 10.1. The first-order valence-corrected chi connectivity index (χ1v) is 6.35. The molecule has 0 saturated carbocycles. The van der Waals surface area contributed by atoms with E-state index in [-0.39, 0.29) is 11.7 Å². The van der Waals surface area contributed by atoms with E-state index in [0.717, 1.165) is 0 Å². The van der Waals surface area contributed by atoms with E-state index in [0.29, 0.717) is 17.1 Å². The van der Waals surface area contributed by atoms with Crippen LogP contribution in [0.15, 0.2) is 24.5 Å². The number of hydrogen-bond donors (Lipinski definition) is 1. The first kappa shape index (κ1) is 14.7.